The zero-order chi connectivity index (χ0) is 15.8. The van der Waals surface area contributed by atoms with E-state index in [0.717, 1.165) is 0 Å². The van der Waals surface area contributed by atoms with Crippen LogP contribution in [0.25, 0.3) is 0 Å². The standard InChI is InChI=1S/C11H10ClN3O5S/c1-5-8(10(16)17)9(6(2)20-5)21(18,19)15-7-3-4-13-11(12)14-7/h3-4H,1-2H3,(H,16,17)(H,13,14,15). The summed E-state index contributed by atoms with van der Waals surface area (Å²) < 4.78 is 31.9. The van der Waals surface area contributed by atoms with Crippen LogP contribution in [-0.2, 0) is 10.0 Å². The van der Waals surface area contributed by atoms with Gasteiger partial charge in [-0.25, -0.2) is 18.2 Å². The summed E-state index contributed by atoms with van der Waals surface area (Å²) in [4.78, 5) is 18.1. The van der Waals surface area contributed by atoms with Crippen LogP contribution in [0.15, 0.2) is 21.6 Å². The van der Waals surface area contributed by atoms with Gasteiger partial charge in [-0.2, -0.15) is 4.98 Å². The largest absolute Gasteiger partial charge is 0.478 e. The molecule has 112 valence electrons. The van der Waals surface area contributed by atoms with E-state index < -0.39 is 26.5 Å². The fraction of sp³-hybridized carbons (Fsp3) is 0.182. The molecule has 10 heteroatoms. The molecule has 0 unspecified atom stereocenters. The van der Waals surface area contributed by atoms with E-state index in [2.05, 4.69) is 14.7 Å². The molecule has 2 aromatic rings. The van der Waals surface area contributed by atoms with Crippen LogP contribution in [0.2, 0.25) is 5.28 Å². The number of anilines is 1. The number of aryl methyl sites for hydroxylation is 2. The summed E-state index contributed by atoms with van der Waals surface area (Å²) in [6.07, 6.45) is 1.26. The molecule has 0 bridgehead atoms. The number of nitrogens with one attached hydrogen (secondary N) is 1. The number of hydrogen-bond donors (Lipinski definition) is 2. The van der Waals surface area contributed by atoms with Crippen molar-refractivity contribution in [3.05, 3.63) is 34.6 Å². The minimum Gasteiger partial charge on any atom is -0.478 e. The Hall–Kier alpha value is -2.13. The summed E-state index contributed by atoms with van der Waals surface area (Å²) in [6.45, 7) is 2.73. The highest BCUT2D eigenvalue weighted by Crippen LogP contribution is 2.28. The second-order valence-electron chi connectivity index (χ2n) is 4.04. The highest BCUT2D eigenvalue weighted by Gasteiger charge is 2.31. The van der Waals surface area contributed by atoms with Gasteiger partial charge in [-0.1, -0.05) is 0 Å². The van der Waals surface area contributed by atoms with E-state index in [1.807, 2.05) is 0 Å². The fourth-order valence-corrected chi connectivity index (χ4v) is 3.37. The molecule has 0 radical (unpaired) electrons. The van der Waals surface area contributed by atoms with Crippen LogP contribution in [0.5, 0.6) is 0 Å². The Balaban J connectivity index is 2.53. The lowest BCUT2D eigenvalue weighted by Crippen LogP contribution is -2.17. The zero-order valence-corrected chi connectivity index (χ0v) is 12.5. The molecular weight excluding hydrogens is 322 g/mol. The monoisotopic (exact) mass is 331 g/mol. The van der Waals surface area contributed by atoms with Crippen LogP contribution in [0.4, 0.5) is 5.82 Å². The summed E-state index contributed by atoms with van der Waals surface area (Å²) in [5, 5.41) is 8.99. The minimum atomic E-state index is -4.19. The van der Waals surface area contributed by atoms with E-state index in [0.29, 0.717) is 0 Å². The average Bonchev–Trinajstić information content (AvgIpc) is 2.64. The van der Waals surface area contributed by atoms with Gasteiger partial charge < -0.3 is 9.52 Å². The molecule has 2 aromatic heterocycles. The van der Waals surface area contributed by atoms with Gasteiger partial charge in [-0.15, -0.1) is 0 Å². The molecule has 0 aromatic carbocycles. The van der Waals surface area contributed by atoms with Crippen molar-refractivity contribution in [3.8, 4) is 0 Å². The maximum Gasteiger partial charge on any atom is 0.340 e. The lowest BCUT2D eigenvalue weighted by molar-refractivity contribution is 0.0691. The molecule has 0 fully saturated rings. The second kappa shape index (κ2) is 5.34. The SMILES string of the molecule is Cc1oc(C)c(S(=O)(=O)Nc2ccnc(Cl)n2)c1C(=O)O. The Morgan fingerprint density at radius 2 is 2.05 bits per heavy atom. The number of carbonyl (C=O) groups is 1. The first-order chi connectivity index (χ1) is 9.72. The summed E-state index contributed by atoms with van der Waals surface area (Å²) in [5.74, 6) is -1.51. The van der Waals surface area contributed by atoms with Gasteiger partial charge in [-0.05, 0) is 31.5 Å². The molecule has 0 aliphatic rings. The van der Waals surface area contributed by atoms with Crippen LogP contribution in [0, 0.1) is 13.8 Å². The number of aromatic nitrogens is 2. The lowest BCUT2D eigenvalue weighted by Gasteiger charge is -2.07. The van der Waals surface area contributed by atoms with Crippen molar-refractivity contribution in [1.82, 2.24) is 9.97 Å². The van der Waals surface area contributed by atoms with Crippen molar-refractivity contribution >= 4 is 33.4 Å². The van der Waals surface area contributed by atoms with E-state index in [4.69, 9.17) is 21.1 Å². The van der Waals surface area contributed by atoms with E-state index >= 15 is 0 Å². The summed E-state index contributed by atoms with van der Waals surface area (Å²) >= 11 is 5.57. The molecular formula is C11H10ClN3O5S. The van der Waals surface area contributed by atoms with Gasteiger partial charge in [0.05, 0.1) is 0 Å². The van der Waals surface area contributed by atoms with Crippen LogP contribution < -0.4 is 4.72 Å². The predicted octanol–water partition coefficient (Wildman–Crippen LogP) is 1.84. The molecule has 0 aliphatic carbocycles. The maximum absolute atomic E-state index is 12.3. The number of rotatable bonds is 4. The summed E-state index contributed by atoms with van der Waals surface area (Å²) in [6, 6.07) is 1.28. The third-order valence-electron chi connectivity index (χ3n) is 2.55. The zero-order valence-electron chi connectivity index (χ0n) is 10.9. The maximum atomic E-state index is 12.3. The molecule has 0 amide bonds. The van der Waals surface area contributed by atoms with Gasteiger partial charge in [0.25, 0.3) is 10.0 Å². The van der Waals surface area contributed by atoms with Gasteiger partial charge in [0, 0.05) is 6.20 Å². The molecule has 0 aliphatic heterocycles. The van der Waals surface area contributed by atoms with E-state index in [1.54, 1.807) is 0 Å². The molecule has 0 saturated carbocycles. The number of carboxylic acids is 1. The molecule has 0 saturated heterocycles. The Bertz CT molecular complexity index is 815. The third kappa shape index (κ3) is 2.98. The molecule has 2 rings (SSSR count). The van der Waals surface area contributed by atoms with Crippen LogP contribution >= 0.6 is 11.6 Å². The van der Waals surface area contributed by atoms with Gasteiger partial charge in [0.1, 0.15) is 27.8 Å². The number of furan rings is 1. The van der Waals surface area contributed by atoms with E-state index in [9.17, 15) is 13.2 Å². The number of nitrogens with zero attached hydrogens (tertiary/aromatic N) is 2. The lowest BCUT2D eigenvalue weighted by atomic mass is 10.2. The molecule has 2 N–H and O–H groups in total. The van der Waals surface area contributed by atoms with Crippen molar-refractivity contribution in [3.63, 3.8) is 0 Å². The molecule has 0 spiro atoms. The van der Waals surface area contributed by atoms with Crippen molar-refractivity contribution in [1.29, 1.82) is 0 Å². The van der Waals surface area contributed by atoms with Crippen LogP contribution in [0.1, 0.15) is 21.9 Å². The van der Waals surface area contributed by atoms with E-state index in [-0.39, 0.29) is 22.6 Å². The van der Waals surface area contributed by atoms with Gasteiger partial charge in [0.2, 0.25) is 5.28 Å². The average molecular weight is 332 g/mol. The Morgan fingerprint density at radius 3 is 2.62 bits per heavy atom. The minimum absolute atomic E-state index is 0.00101. The molecule has 2 heterocycles. The number of hydrogen-bond acceptors (Lipinski definition) is 6. The number of carboxylic acid groups (broad SMARTS) is 1. The molecule has 0 atom stereocenters. The number of halogens is 1. The summed E-state index contributed by atoms with van der Waals surface area (Å²) in [7, 11) is -4.19. The third-order valence-corrected chi connectivity index (χ3v) is 4.24. The number of aromatic carboxylic acids is 1. The predicted molar refractivity (Wildman–Crippen MR) is 73.0 cm³/mol. The van der Waals surface area contributed by atoms with Crippen molar-refractivity contribution in [2.45, 2.75) is 18.7 Å². The normalized spacial score (nSPS) is 11.4. The Kier molecular flexibility index (Phi) is 3.88. The Morgan fingerprint density at radius 1 is 1.38 bits per heavy atom. The van der Waals surface area contributed by atoms with Crippen LogP contribution in [-0.4, -0.2) is 29.5 Å². The molecule has 8 nitrogen and oxygen atoms in total. The van der Waals surface area contributed by atoms with Gasteiger partial charge >= 0.3 is 5.97 Å². The highest BCUT2D eigenvalue weighted by molar-refractivity contribution is 7.92. The Labute approximate surface area is 124 Å². The first-order valence-corrected chi connectivity index (χ1v) is 7.43. The van der Waals surface area contributed by atoms with E-state index in [1.165, 1.54) is 26.1 Å². The first kappa shape index (κ1) is 15.3. The van der Waals surface area contributed by atoms with Crippen molar-refractivity contribution < 1.29 is 22.7 Å². The number of sulfonamides is 1. The van der Waals surface area contributed by atoms with Gasteiger partial charge in [-0.3, -0.25) is 4.72 Å². The summed E-state index contributed by atoms with van der Waals surface area (Å²) in [5.41, 5.74) is -0.417. The van der Waals surface area contributed by atoms with Crippen molar-refractivity contribution in [2.75, 3.05) is 4.72 Å². The van der Waals surface area contributed by atoms with Crippen molar-refractivity contribution in [2.24, 2.45) is 0 Å². The quantitative estimate of drug-likeness (QED) is 0.819. The van der Waals surface area contributed by atoms with Gasteiger partial charge in [0.15, 0.2) is 0 Å². The fourth-order valence-electron chi connectivity index (χ4n) is 1.81. The first-order valence-electron chi connectivity index (χ1n) is 5.57. The second-order valence-corrected chi connectivity index (χ2v) is 6.00. The van der Waals surface area contributed by atoms with Crippen LogP contribution in [0.3, 0.4) is 0 Å². The highest BCUT2D eigenvalue weighted by atomic mass is 35.5. The topological polar surface area (TPSA) is 122 Å². The molecule has 21 heavy (non-hydrogen) atoms. The smallest absolute Gasteiger partial charge is 0.340 e.